The molecule has 1 aliphatic heterocycles. The van der Waals surface area contributed by atoms with Crippen LogP contribution >= 0.6 is 23.2 Å². The van der Waals surface area contributed by atoms with Gasteiger partial charge in [-0.1, -0.05) is 23.2 Å². The van der Waals surface area contributed by atoms with Crippen molar-refractivity contribution in [3.8, 4) is 0 Å². The maximum atomic E-state index is 6.20. The van der Waals surface area contributed by atoms with Crippen LogP contribution in [-0.4, -0.2) is 43.6 Å². The molecule has 19 heavy (non-hydrogen) atoms. The number of pyridine rings is 1. The smallest absolute Gasteiger partial charge is 0.149 e. The van der Waals surface area contributed by atoms with Gasteiger partial charge in [0.05, 0.1) is 10.0 Å². The van der Waals surface area contributed by atoms with Crippen LogP contribution in [0.15, 0.2) is 6.07 Å². The first-order chi connectivity index (χ1) is 8.97. The van der Waals surface area contributed by atoms with E-state index in [1.54, 1.807) is 6.07 Å². The van der Waals surface area contributed by atoms with Gasteiger partial charge in [0, 0.05) is 19.6 Å². The second kappa shape index (κ2) is 6.16. The fourth-order valence-corrected chi connectivity index (χ4v) is 3.01. The average molecular weight is 303 g/mol. The highest BCUT2D eigenvalue weighted by Gasteiger charge is 2.22. The third-order valence-electron chi connectivity index (χ3n) is 3.48. The third-order valence-corrected chi connectivity index (χ3v) is 4.06. The van der Waals surface area contributed by atoms with Gasteiger partial charge in [-0.25, -0.2) is 4.98 Å². The molecule has 0 aromatic carbocycles. The van der Waals surface area contributed by atoms with Crippen molar-refractivity contribution in [3.63, 3.8) is 0 Å². The summed E-state index contributed by atoms with van der Waals surface area (Å²) in [6.07, 6.45) is 2.30. The summed E-state index contributed by atoms with van der Waals surface area (Å²) in [5.41, 5.74) is 5.75. The predicted octanol–water partition coefficient (Wildman–Crippen LogP) is 2.75. The molecule has 0 bridgehead atoms. The van der Waals surface area contributed by atoms with Crippen molar-refractivity contribution in [1.29, 1.82) is 0 Å². The van der Waals surface area contributed by atoms with Crippen molar-refractivity contribution in [3.05, 3.63) is 16.1 Å². The number of rotatable bonds is 3. The van der Waals surface area contributed by atoms with Gasteiger partial charge in [-0.05, 0) is 38.9 Å². The monoisotopic (exact) mass is 302 g/mol. The van der Waals surface area contributed by atoms with Gasteiger partial charge in [0.2, 0.25) is 0 Å². The maximum Gasteiger partial charge on any atom is 0.149 e. The normalized spacial score (nSPS) is 17.2. The summed E-state index contributed by atoms with van der Waals surface area (Å²) >= 11 is 12.1. The summed E-state index contributed by atoms with van der Waals surface area (Å²) in [4.78, 5) is 8.75. The quantitative estimate of drug-likeness (QED) is 0.932. The van der Waals surface area contributed by atoms with Crippen LogP contribution in [0, 0.1) is 5.92 Å². The van der Waals surface area contributed by atoms with Crippen molar-refractivity contribution < 1.29 is 0 Å². The minimum atomic E-state index is 0.344. The Morgan fingerprint density at radius 1 is 1.32 bits per heavy atom. The molecule has 4 nitrogen and oxygen atoms in total. The Morgan fingerprint density at radius 3 is 2.53 bits per heavy atom. The lowest BCUT2D eigenvalue weighted by atomic mass is 9.96. The van der Waals surface area contributed by atoms with Gasteiger partial charge in [0.25, 0.3) is 0 Å². The SMILES string of the molecule is CN(C)CC1CCN(c2nc(N)c(Cl)cc2Cl)CC1. The summed E-state index contributed by atoms with van der Waals surface area (Å²) in [7, 11) is 4.23. The molecule has 0 radical (unpaired) electrons. The summed E-state index contributed by atoms with van der Waals surface area (Å²) in [5, 5.41) is 0.988. The Balaban J connectivity index is 2.03. The highest BCUT2D eigenvalue weighted by atomic mass is 35.5. The number of hydrogen-bond acceptors (Lipinski definition) is 4. The summed E-state index contributed by atoms with van der Waals surface area (Å²) in [5.74, 6) is 1.85. The van der Waals surface area contributed by atoms with Gasteiger partial charge < -0.3 is 15.5 Å². The Morgan fingerprint density at radius 2 is 1.95 bits per heavy atom. The van der Waals surface area contributed by atoms with Gasteiger partial charge in [-0.3, -0.25) is 0 Å². The molecule has 0 amide bonds. The van der Waals surface area contributed by atoms with E-state index in [-0.39, 0.29) is 0 Å². The zero-order valence-electron chi connectivity index (χ0n) is 11.4. The van der Waals surface area contributed by atoms with Crippen LogP contribution in [0.25, 0.3) is 0 Å². The van der Waals surface area contributed by atoms with Crippen LogP contribution in [0.1, 0.15) is 12.8 Å². The third kappa shape index (κ3) is 3.65. The van der Waals surface area contributed by atoms with E-state index in [1.807, 2.05) is 0 Å². The molecule has 0 spiro atoms. The number of piperidine rings is 1. The fraction of sp³-hybridized carbons (Fsp3) is 0.615. The van der Waals surface area contributed by atoms with Crippen LogP contribution in [0.3, 0.4) is 0 Å². The lowest BCUT2D eigenvalue weighted by Gasteiger charge is -2.34. The van der Waals surface area contributed by atoms with Crippen molar-refractivity contribution in [2.24, 2.45) is 5.92 Å². The molecular formula is C13H20Cl2N4. The van der Waals surface area contributed by atoms with Crippen LogP contribution in [-0.2, 0) is 0 Å². The van der Waals surface area contributed by atoms with Crippen LogP contribution in [0.2, 0.25) is 10.0 Å². The number of halogens is 2. The van der Waals surface area contributed by atoms with E-state index in [1.165, 1.54) is 0 Å². The zero-order chi connectivity index (χ0) is 14.0. The maximum absolute atomic E-state index is 6.20. The Hall–Kier alpha value is -0.710. The minimum Gasteiger partial charge on any atom is -0.382 e. The van der Waals surface area contributed by atoms with Gasteiger partial charge >= 0.3 is 0 Å². The van der Waals surface area contributed by atoms with Gasteiger partial charge in [-0.15, -0.1) is 0 Å². The molecule has 6 heteroatoms. The molecule has 0 unspecified atom stereocenters. The first kappa shape index (κ1) is 14.7. The number of aromatic nitrogens is 1. The number of nitrogens with two attached hydrogens (primary N) is 1. The summed E-state index contributed by atoms with van der Waals surface area (Å²) in [6, 6.07) is 1.67. The number of nitrogen functional groups attached to an aromatic ring is 1. The van der Waals surface area contributed by atoms with Crippen LogP contribution < -0.4 is 10.6 Å². The molecule has 1 saturated heterocycles. The zero-order valence-corrected chi connectivity index (χ0v) is 12.9. The van der Waals surface area contributed by atoms with E-state index in [9.17, 15) is 0 Å². The van der Waals surface area contributed by atoms with E-state index in [0.717, 1.165) is 44.2 Å². The van der Waals surface area contributed by atoms with Crippen molar-refractivity contribution in [2.75, 3.05) is 44.4 Å². The van der Waals surface area contributed by atoms with Gasteiger partial charge in [-0.2, -0.15) is 0 Å². The molecule has 1 aliphatic rings. The van der Waals surface area contributed by atoms with Crippen molar-refractivity contribution >= 4 is 34.8 Å². The molecule has 2 rings (SSSR count). The molecular weight excluding hydrogens is 283 g/mol. The van der Waals surface area contributed by atoms with E-state index in [0.29, 0.717) is 15.9 Å². The Labute approximate surface area is 124 Å². The fourth-order valence-electron chi connectivity index (χ4n) is 2.54. The van der Waals surface area contributed by atoms with Crippen molar-refractivity contribution in [1.82, 2.24) is 9.88 Å². The number of anilines is 2. The lowest BCUT2D eigenvalue weighted by molar-refractivity contribution is 0.284. The van der Waals surface area contributed by atoms with E-state index in [2.05, 4.69) is 28.9 Å². The molecule has 2 heterocycles. The topological polar surface area (TPSA) is 45.4 Å². The Bertz CT molecular complexity index is 443. The molecule has 1 fully saturated rings. The van der Waals surface area contributed by atoms with Crippen LogP contribution in [0.5, 0.6) is 0 Å². The lowest BCUT2D eigenvalue weighted by Crippen LogP contribution is -2.37. The molecule has 106 valence electrons. The van der Waals surface area contributed by atoms with E-state index in [4.69, 9.17) is 28.9 Å². The Kier molecular flexibility index (Phi) is 4.76. The molecule has 0 aliphatic carbocycles. The minimum absolute atomic E-state index is 0.344. The molecule has 1 aromatic heterocycles. The van der Waals surface area contributed by atoms with Gasteiger partial charge in [0.1, 0.15) is 11.6 Å². The van der Waals surface area contributed by atoms with Crippen LogP contribution in [0.4, 0.5) is 11.6 Å². The average Bonchev–Trinajstić information content (AvgIpc) is 2.34. The number of hydrogen-bond donors (Lipinski definition) is 1. The van der Waals surface area contributed by atoms with Crippen molar-refractivity contribution in [2.45, 2.75) is 12.8 Å². The second-order valence-electron chi connectivity index (χ2n) is 5.35. The first-order valence-corrected chi connectivity index (χ1v) is 7.24. The predicted molar refractivity (Wildman–Crippen MR) is 82.2 cm³/mol. The van der Waals surface area contributed by atoms with Gasteiger partial charge in [0.15, 0.2) is 0 Å². The number of nitrogens with zero attached hydrogens (tertiary/aromatic N) is 3. The standard InChI is InChI=1S/C13H20Cl2N4/c1-18(2)8-9-3-5-19(6-4-9)13-11(15)7-10(14)12(16)17-13/h7,9H,3-6,8H2,1-2H3,(H2,16,17). The largest absolute Gasteiger partial charge is 0.382 e. The summed E-state index contributed by atoms with van der Waals surface area (Å²) < 4.78 is 0. The second-order valence-corrected chi connectivity index (χ2v) is 6.17. The summed E-state index contributed by atoms with van der Waals surface area (Å²) in [6.45, 7) is 3.07. The molecule has 2 N–H and O–H groups in total. The highest BCUT2D eigenvalue weighted by molar-refractivity contribution is 6.37. The van der Waals surface area contributed by atoms with E-state index >= 15 is 0 Å². The molecule has 1 aromatic rings. The van der Waals surface area contributed by atoms with E-state index < -0.39 is 0 Å². The highest BCUT2D eigenvalue weighted by Crippen LogP contribution is 2.32. The first-order valence-electron chi connectivity index (χ1n) is 6.48. The molecule has 0 atom stereocenters. The molecule has 0 saturated carbocycles.